The van der Waals surface area contributed by atoms with Crippen molar-refractivity contribution in [1.82, 2.24) is 0 Å². The molecule has 0 aliphatic carbocycles. The van der Waals surface area contributed by atoms with Gasteiger partial charge in [0, 0.05) is 22.6 Å². The van der Waals surface area contributed by atoms with E-state index in [9.17, 15) is 10.2 Å². The first-order valence-corrected chi connectivity index (χ1v) is 11.3. The van der Waals surface area contributed by atoms with E-state index in [1.165, 1.54) is 0 Å². The molecular formula is C23H29ClO4S. The van der Waals surface area contributed by atoms with Gasteiger partial charge in [0.1, 0.15) is 5.75 Å². The maximum absolute atomic E-state index is 10.3. The Kier molecular flexibility index (Phi) is 8.27. The van der Waals surface area contributed by atoms with Crippen LogP contribution in [0.3, 0.4) is 0 Å². The van der Waals surface area contributed by atoms with Gasteiger partial charge in [-0.05, 0) is 66.6 Å². The second-order valence-corrected chi connectivity index (χ2v) is 9.30. The lowest BCUT2D eigenvalue weighted by molar-refractivity contribution is 0.136. The van der Waals surface area contributed by atoms with Gasteiger partial charge in [-0.3, -0.25) is 0 Å². The third-order valence-electron chi connectivity index (χ3n) is 5.17. The van der Waals surface area contributed by atoms with Gasteiger partial charge in [-0.15, -0.1) is 11.8 Å². The molecule has 1 saturated heterocycles. The molecule has 6 heteroatoms. The van der Waals surface area contributed by atoms with E-state index in [1.807, 2.05) is 25.1 Å². The van der Waals surface area contributed by atoms with E-state index in [1.54, 1.807) is 18.9 Å². The summed E-state index contributed by atoms with van der Waals surface area (Å²) in [6.45, 7) is 3.16. The monoisotopic (exact) mass is 436 g/mol. The van der Waals surface area contributed by atoms with Crippen LogP contribution in [0.4, 0.5) is 0 Å². The first-order valence-electron chi connectivity index (χ1n) is 10.00. The number of thioether (sulfide) groups is 1. The van der Waals surface area contributed by atoms with E-state index < -0.39 is 6.10 Å². The molecule has 0 saturated carbocycles. The Bertz CT molecular complexity index is 796. The molecule has 1 unspecified atom stereocenters. The number of benzene rings is 2. The van der Waals surface area contributed by atoms with Gasteiger partial charge in [-0.1, -0.05) is 29.8 Å². The van der Waals surface area contributed by atoms with Crippen LogP contribution in [0.1, 0.15) is 47.3 Å². The fraction of sp³-hybridized carbons (Fsp3) is 0.478. The Morgan fingerprint density at radius 3 is 2.55 bits per heavy atom. The summed E-state index contributed by atoms with van der Waals surface area (Å²) in [6, 6.07) is 12.2. The standard InChI is InChI=1S/C23H29ClO4S/c1-3-28-19-6-4-15(5-7-19)8-16-9-21(17(14-27-2)10-22(16)24)23-12-18(26)11-20(13-25)29-23/h4-7,9-10,18,20,23,25-26H,3,8,11-14H2,1-2H3/t18-,20-,23?/m0/s1. The van der Waals surface area contributed by atoms with Crippen molar-refractivity contribution in [1.29, 1.82) is 0 Å². The van der Waals surface area contributed by atoms with Crippen LogP contribution < -0.4 is 4.74 Å². The van der Waals surface area contributed by atoms with Crippen molar-refractivity contribution in [3.8, 4) is 5.75 Å². The van der Waals surface area contributed by atoms with Gasteiger partial charge in [-0.25, -0.2) is 0 Å². The molecule has 1 fully saturated rings. The summed E-state index contributed by atoms with van der Waals surface area (Å²) in [5.74, 6) is 0.862. The molecule has 4 nitrogen and oxygen atoms in total. The molecule has 3 atom stereocenters. The van der Waals surface area contributed by atoms with Crippen molar-refractivity contribution in [2.45, 2.75) is 49.4 Å². The van der Waals surface area contributed by atoms with Crippen molar-refractivity contribution < 1.29 is 19.7 Å². The van der Waals surface area contributed by atoms with Crippen molar-refractivity contribution in [2.24, 2.45) is 0 Å². The van der Waals surface area contributed by atoms with Crippen molar-refractivity contribution in [2.75, 3.05) is 20.3 Å². The molecule has 2 N–H and O–H groups in total. The molecule has 0 bridgehead atoms. The summed E-state index contributed by atoms with van der Waals surface area (Å²) < 4.78 is 10.9. The summed E-state index contributed by atoms with van der Waals surface area (Å²) in [5, 5.41) is 20.8. The van der Waals surface area contributed by atoms with Gasteiger partial charge in [0.25, 0.3) is 0 Å². The number of ether oxygens (including phenoxy) is 2. The van der Waals surface area contributed by atoms with Crippen LogP contribution in [0.5, 0.6) is 5.75 Å². The molecule has 3 rings (SSSR count). The van der Waals surface area contributed by atoms with Crippen LogP contribution >= 0.6 is 23.4 Å². The highest BCUT2D eigenvalue weighted by molar-refractivity contribution is 8.00. The first-order chi connectivity index (χ1) is 14.0. The quantitative estimate of drug-likeness (QED) is 0.624. The van der Waals surface area contributed by atoms with Crippen LogP contribution in [0.15, 0.2) is 36.4 Å². The average Bonchev–Trinajstić information content (AvgIpc) is 2.71. The van der Waals surface area contributed by atoms with Crippen LogP contribution in [0.2, 0.25) is 5.02 Å². The molecule has 1 heterocycles. The summed E-state index contributed by atoms with van der Waals surface area (Å²) >= 11 is 8.35. The zero-order chi connectivity index (χ0) is 20.8. The maximum Gasteiger partial charge on any atom is 0.119 e. The van der Waals surface area contributed by atoms with E-state index >= 15 is 0 Å². The summed E-state index contributed by atoms with van der Waals surface area (Å²) in [6.07, 6.45) is 1.61. The van der Waals surface area contributed by atoms with Crippen LogP contribution in [0.25, 0.3) is 0 Å². The second kappa shape index (κ2) is 10.7. The van der Waals surface area contributed by atoms with E-state index in [2.05, 4.69) is 18.2 Å². The molecule has 2 aromatic rings. The highest BCUT2D eigenvalue weighted by Gasteiger charge is 2.30. The number of halogens is 1. The van der Waals surface area contributed by atoms with Crippen molar-refractivity contribution in [3.05, 3.63) is 63.7 Å². The Balaban J connectivity index is 1.89. The number of methoxy groups -OCH3 is 1. The lowest BCUT2D eigenvalue weighted by Crippen LogP contribution is -2.27. The molecule has 29 heavy (non-hydrogen) atoms. The van der Waals surface area contributed by atoms with Crippen molar-refractivity contribution in [3.63, 3.8) is 0 Å². The molecule has 2 aromatic carbocycles. The normalized spacial score (nSPS) is 21.9. The average molecular weight is 437 g/mol. The number of rotatable bonds is 8. The van der Waals surface area contributed by atoms with Crippen LogP contribution in [-0.2, 0) is 17.8 Å². The van der Waals surface area contributed by atoms with E-state index in [-0.39, 0.29) is 17.1 Å². The lowest BCUT2D eigenvalue weighted by atomic mass is 9.94. The third-order valence-corrected chi connectivity index (χ3v) is 7.02. The minimum atomic E-state index is -0.404. The Hall–Kier alpha value is -1.24. The van der Waals surface area contributed by atoms with Crippen LogP contribution in [-0.4, -0.2) is 41.9 Å². The van der Waals surface area contributed by atoms with Gasteiger partial charge in [0.05, 0.1) is 25.9 Å². The number of hydrogen-bond acceptors (Lipinski definition) is 5. The zero-order valence-electron chi connectivity index (χ0n) is 16.9. The van der Waals surface area contributed by atoms with Gasteiger partial charge < -0.3 is 19.7 Å². The van der Waals surface area contributed by atoms with E-state index in [4.69, 9.17) is 21.1 Å². The van der Waals surface area contributed by atoms with E-state index in [0.717, 1.165) is 39.4 Å². The second-order valence-electron chi connectivity index (χ2n) is 7.38. The number of aliphatic hydroxyl groups excluding tert-OH is 2. The van der Waals surface area contributed by atoms with Gasteiger partial charge in [-0.2, -0.15) is 0 Å². The minimum absolute atomic E-state index is 0.0457. The fourth-order valence-electron chi connectivity index (χ4n) is 3.79. The third kappa shape index (κ3) is 5.89. The predicted octanol–water partition coefficient (Wildman–Crippen LogP) is 4.77. The molecule has 0 amide bonds. The summed E-state index contributed by atoms with van der Waals surface area (Å²) in [7, 11) is 1.67. The SMILES string of the molecule is CCOc1ccc(Cc2cc(C3C[C@@H](O)C[C@@H](CO)S3)c(COC)cc2Cl)cc1. The van der Waals surface area contributed by atoms with Gasteiger partial charge in [0.15, 0.2) is 0 Å². The number of hydrogen-bond donors (Lipinski definition) is 2. The molecule has 158 valence electrons. The zero-order valence-corrected chi connectivity index (χ0v) is 18.5. The van der Waals surface area contributed by atoms with Crippen molar-refractivity contribution >= 4 is 23.4 Å². The lowest BCUT2D eigenvalue weighted by Gasteiger charge is -2.33. The summed E-state index contributed by atoms with van der Waals surface area (Å²) in [5.41, 5.74) is 4.38. The summed E-state index contributed by atoms with van der Waals surface area (Å²) in [4.78, 5) is 0. The first kappa shape index (κ1) is 22.4. The maximum atomic E-state index is 10.3. The Morgan fingerprint density at radius 1 is 1.14 bits per heavy atom. The molecular weight excluding hydrogens is 408 g/mol. The highest BCUT2D eigenvalue weighted by atomic mass is 35.5. The fourth-order valence-corrected chi connectivity index (χ4v) is 5.63. The molecule has 0 aromatic heterocycles. The molecule has 1 aliphatic heterocycles. The van der Waals surface area contributed by atoms with Gasteiger partial charge >= 0.3 is 0 Å². The van der Waals surface area contributed by atoms with Gasteiger partial charge in [0.2, 0.25) is 0 Å². The molecule has 0 spiro atoms. The molecule has 0 radical (unpaired) electrons. The molecule has 1 aliphatic rings. The smallest absolute Gasteiger partial charge is 0.119 e. The Morgan fingerprint density at radius 2 is 1.90 bits per heavy atom. The Labute approximate surface area is 182 Å². The number of aliphatic hydroxyl groups is 2. The largest absolute Gasteiger partial charge is 0.494 e. The highest BCUT2D eigenvalue weighted by Crippen LogP contribution is 2.45. The minimum Gasteiger partial charge on any atom is -0.494 e. The van der Waals surface area contributed by atoms with Crippen LogP contribution in [0, 0.1) is 0 Å². The predicted molar refractivity (Wildman–Crippen MR) is 119 cm³/mol. The topological polar surface area (TPSA) is 58.9 Å². The van der Waals surface area contributed by atoms with E-state index in [0.29, 0.717) is 26.1 Å².